The fourth-order valence-electron chi connectivity index (χ4n) is 3.37. The van der Waals surface area contributed by atoms with E-state index in [1.54, 1.807) is 32.0 Å². The number of rotatable bonds is 4. The molecule has 0 bridgehead atoms. The molecule has 29 heavy (non-hydrogen) atoms. The Morgan fingerprint density at radius 2 is 1.83 bits per heavy atom. The molecule has 1 aliphatic rings. The average molecular weight is 410 g/mol. The maximum absolute atomic E-state index is 13.9. The van der Waals surface area contributed by atoms with Crippen molar-refractivity contribution >= 4 is 0 Å². The second-order valence-corrected chi connectivity index (χ2v) is 7.51. The minimum absolute atomic E-state index is 0.300. The predicted molar refractivity (Wildman–Crippen MR) is 100 cm³/mol. The summed E-state index contributed by atoms with van der Waals surface area (Å²) in [7, 11) is 0. The van der Waals surface area contributed by atoms with Crippen LogP contribution in [-0.4, -0.2) is 57.2 Å². The van der Waals surface area contributed by atoms with Crippen molar-refractivity contribution < 1.29 is 38.7 Å². The van der Waals surface area contributed by atoms with Gasteiger partial charge in [0.25, 0.3) is 0 Å². The van der Waals surface area contributed by atoms with Crippen LogP contribution in [0.15, 0.2) is 30.3 Å². The van der Waals surface area contributed by atoms with E-state index in [0.29, 0.717) is 28.0 Å². The van der Waals surface area contributed by atoms with Crippen LogP contribution >= 0.6 is 0 Å². The number of aryl methyl sites for hydroxylation is 1. The van der Waals surface area contributed by atoms with Crippen molar-refractivity contribution in [2.45, 2.75) is 51.0 Å². The summed E-state index contributed by atoms with van der Waals surface area (Å²) in [6, 6.07) is 6.89. The van der Waals surface area contributed by atoms with Crippen molar-refractivity contribution in [1.82, 2.24) is 0 Å². The van der Waals surface area contributed by atoms with Crippen LogP contribution in [0.25, 0.3) is 11.1 Å². The highest BCUT2D eigenvalue weighted by molar-refractivity contribution is 5.69. The normalized spacial score (nSPS) is 29.7. The van der Waals surface area contributed by atoms with Crippen molar-refractivity contribution in [3.63, 3.8) is 0 Å². The lowest BCUT2D eigenvalue weighted by molar-refractivity contribution is -0.314. The molecule has 2 aromatic carbocycles. The Bertz CT molecular complexity index is 901. The molecule has 8 heteroatoms. The van der Waals surface area contributed by atoms with E-state index >= 15 is 0 Å². The third-order valence-corrected chi connectivity index (χ3v) is 5.29. The van der Waals surface area contributed by atoms with E-state index in [4.69, 9.17) is 9.47 Å². The highest BCUT2D eigenvalue weighted by Gasteiger charge is 2.53. The van der Waals surface area contributed by atoms with Crippen LogP contribution in [0.3, 0.4) is 0 Å². The van der Waals surface area contributed by atoms with Crippen molar-refractivity contribution in [3.8, 4) is 16.9 Å². The van der Waals surface area contributed by atoms with E-state index < -0.39 is 48.4 Å². The lowest BCUT2D eigenvalue weighted by Crippen LogP contribution is -2.66. The molecular weight excluding hydrogens is 386 g/mol. The standard InChI is InChI=1S/C21H24F2O6/c1-10-6-12(14-7-13(22)8-15(23)11(14)2)4-5-16(10)28-20-21(3,27)19(26)18(25)17(9-24)29-20/h4-8,17-20,24-27H,9H2,1-3H3/t17-,18-,19+,20+,21+/m1/s1. The van der Waals surface area contributed by atoms with Gasteiger partial charge in [-0.3, -0.25) is 0 Å². The molecule has 3 rings (SSSR count). The Morgan fingerprint density at radius 3 is 2.45 bits per heavy atom. The van der Waals surface area contributed by atoms with Gasteiger partial charge in [0.1, 0.15) is 35.7 Å². The van der Waals surface area contributed by atoms with Gasteiger partial charge < -0.3 is 29.9 Å². The number of hydrogen-bond donors (Lipinski definition) is 4. The first-order valence-corrected chi connectivity index (χ1v) is 9.14. The fraction of sp³-hybridized carbons (Fsp3) is 0.429. The van der Waals surface area contributed by atoms with Crippen LogP contribution < -0.4 is 4.74 Å². The van der Waals surface area contributed by atoms with Crippen molar-refractivity contribution in [3.05, 3.63) is 53.1 Å². The average Bonchev–Trinajstić information content (AvgIpc) is 2.66. The molecule has 6 nitrogen and oxygen atoms in total. The monoisotopic (exact) mass is 410 g/mol. The van der Waals surface area contributed by atoms with E-state index in [-0.39, 0.29) is 0 Å². The summed E-state index contributed by atoms with van der Waals surface area (Å²) in [5.41, 5.74) is -0.0749. The summed E-state index contributed by atoms with van der Waals surface area (Å²) < 4.78 is 38.6. The fourth-order valence-corrected chi connectivity index (χ4v) is 3.37. The lowest BCUT2D eigenvalue weighted by Gasteiger charge is -2.45. The SMILES string of the molecule is Cc1cc(-c2cc(F)cc(F)c2C)ccc1O[C@H]1O[C@H](CO)[C@@H](O)[C@H](O)[C@]1(C)O. The van der Waals surface area contributed by atoms with Crippen molar-refractivity contribution in [1.29, 1.82) is 0 Å². The third-order valence-electron chi connectivity index (χ3n) is 5.29. The Morgan fingerprint density at radius 1 is 1.14 bits per heavy atom. The number of aliphatic hydroxyl groups excluding tert-OH is 3. The van der Waals surface area contributed by atoms with Gasteiger partial charge in [-0.2, -0.15) is 0 Å². The molecule has 1 saturated heterocycles. The van der Waals surface area contributed by atoms with E-state index in [1.165, 1.54) is 13.0 Å². The number of ether oxygens (including phenoxy) is 2. The molecule has 5 atom stereocenters. The Kier molecular flexibility index (Phi) is 5.93. The summed E-state index contributed by atoms with van der Waals surface area (Å²) in [5.74, 6) is -1.03. The molecular formula is C21H24F2O6. The van der Waals surface area contributed by atoms with Crippen LogP contribution in [0, 0.1) is 25.5 Å². The van der Waals surface area contributed by atoms with Crippen LogP contribution in [-0.2, 0) is 4.74 Å². The molecule has 0 aliphatic carbocycles. The first-order valence-electron chi connectivity index (χ1n) is 9.14. The minimum Gasteiger partial charge on any atom is -0.461 e. The first kappa shape index (κ1) is 21.6. The molecule has 1 fully saturated rings. The number of aliphatic hydroxyl groups is 4. The molecule has 158 valence electrons. The van der Waals surface area contributed by atoms with E-state index in [9.17, 15) is 29.2 Å². The van der Waals surface area contributed by atoms with Gasteiger partial charge in [-0.15, -0.1) is 0 Å². The lowest BCUT2D eigenvalue weighted by atomic mass is 9.88. The maximum atomic E-state index is 13.9. The van der Waals surface area contributed by atoms with Crippen LogP contribution in [0.2, 0.25) is 0 Å². The number of halogens is 2. The molecule has 1 aliphatic heterocycles. The van der Waals surface area contributed by atoms with E-state index in [2.05, 4.69) is 0 Å². The summed E-state index contributed by atoms with van der Waals surface area (Å²) >= 11 is 0. The highest BCUT2D eigenvalue weighted by Crippen LogP contribution is 2.35. The first-order chi connectivity index (χ1) is 13.6. The van der Waals surface area contributed by atoms with Gasteiger partial charge in [0, 0.05) is 6.07 Å². The summed E-state index contributed by atoms with van der Waals surface area (Å²) in [4.78, 5) is 0. The second-order valence-electron chi connectivity index (χ2n) is 7.51. The Balaban J connectivity index is 1.90. The third kappa shape index (κ3) is 3.99. The number of benzene rings is 2. The Hall–Kier alpha value is -2.10. The molecule has 0 unspecified atom stereocenters. The van der Waals surface area contributed by atoms with E-state index in [1.807, 2.05) is 0 Å². The molecule has 0 spiro atoms. The van der Waals surface area contributed by atoms with Crippen LogP contribution in [0.1, 0.15) is 18.1 Å². The molecule has 0 radical (unpaired) electrons. The van der Waals surface area contributed by atoms with Gasteiger partial charge in [-0.25, -0.2) is 8.78 Å². The van der Waals surface area contributed by atoms with Crippen molar-refractivity contribution in [2.24, 2.45) is 0 Å². The van der Waals surface area contributed by atoms with Crippen LogP contribution in [0.4, 0.5) is 8.78 Å². The largest absolute Gasteiger partial charge is 0.461 e. The minimum atomic E-state index is -1.95. The predicted octanol–water partition coefficient (Wildman–Crippen LogP) is 1.82. The van der Waals surface area contributed by atoms with Gasteiger partial charge in [0.15, 0.2) is 5.60 Å². The zero-order valence-electron chi connectivity index (χ0n) is 16.3. The summed E-state index contributed by atoms with van der Waals surface area (Å²) in [5, 5.41) is 40.0. The quantitative estimate of drug-likeness (QED) is 0.614. The van der Waals surface area contributed by atoms with Gasteiger partial charge in [0.2, 0.25) is 6.29 Å². The summed E-state index contributed by atoms with van der Waals surface area (Å²) in [6.07, 6.45) is -5.58. The van der Waals surface area contributed by atoms with E-state index in [0.717, 1.165) is 6.07 Å². The van der Waals surface area contributed by atoms with Gasteiger partial charge >= 0.3 is 0 Å². The molecule has 1 heterocycles. The zero-order chi connectivity index (χ0) is 21.5. The summed E-state index contributed by atoms with van der Waals surface area (Å²) in [6.45, 7) is 3.94. The van der Waals surface area contributed by atoms with Gasteiger partial charge in [-0.05, 0) is 61.2 Å². The highest BCUT2D eigenvalue weighted by atomic mass is 19.1. The maximum Gasteiger partial charge on any atom is 0.231 e. The molecule has 2 aromatic rings. The van der Waals surface area contributed by atoms with Crippen molar-refractivity contribution in [2.75, 3.05) is 6.61 Å². The molecule has 0 saturated carbocycles. The molecule has 4 N–H and O–H groups in total. The number of hydrogen-bond acceptors (Lipinski definition) is 6. The van der Waals surface area contributed by atoms with Crippen LogP contribution in [0.5, 0.6) is 5.75 Å². The smallest absolute Gasteiger partial charge is 0.231 e. The molecule has 0 amide bonds. The zero-order valence-corrected chi connectivity index (χ0v) is 16.3. The second kappa shape index (κ2) is 7.97. The molecule has 0 aromatic heterocycles. The van der Waals surface area contributed by atoms with Gasteiger partial charge in [0.05, 0.1) is 6.61 Å². The Labute approximate surface area is 167 Å². The van der Waals surface area contributed by atoms with Gasteiger partial charge in [-0.1, -0.05) is 6.07 Å². The topological polar surface area (TPSA) is 99.4 Å².